The number of anilines is 1. The van der Waals surface area contributed by atoms with Gasteiger partial charge < -0.3 is 19.5 Å². The number of aliphatic hydroxyl groups excluding tert-OH is 1. The van der Waals surface area contributed by atoms with Crippen LogP contribution in [-0.4, -0.2) is 98.2 Å². The molecule has 3 aromatic rings. The number of hydrogen-bond acceptors (Lipinski definition) is 10. The zero-order valence-corrected chi connectivity index (χ0v) is 31.4. The van der Waals surface area contributed by atoms with Crippen molar-refractivity contribution in [2.75, 3.05) is 49.9 Å². The van der Waals surface area contributed by atoms with E-state index in [-0.39, 0.29) is 46.8 Å². The van der Waals surface area contributed by atoms with Gasteiger partial charge in [-0.2, -0.15) is 15.1 Å². The molecule has 7 rings (SSSR count). The molecule has 2 atom stereocenters. The highest BCUT2D eigenvalue weighted by Crippen LogP contribution is 2.55. The predicted octanol–water partition coefficient (Wildman–Crippen LogP) is 4.53. The molecule has 0 bridgehead atoms. The number of aliphatic imine (C=N–C) groups is 1. The van der Waals surface area contributed by atoms with Gasteiger partial charge in [-0.25, -0.2) is 9.38 Å². The van der Waals surface area contributed by atoms with Gasteiger partial charge in [-0.15, -0.1) is 0 Å². The number of unbranched alkanes of at least 4 members (excludes halogenated alkanes) is 1. The van der Waals surface area contributed by atoms with Gasteiger partial charge >= 0.3 is 6.01 Å². The maximum atomic E-state index is 17.0. The van der Waals surface area contributed by atoms with E-state index in [1.165, 1.54) is 7.11 Å². The Morgan fingerprint density at radius 2 is 2.08 bits per heavy atom. The molecule has 1 aromatic carbocycles. The van der Waals surface area contributed by atoms with Crippen LogP contribution < -0.4 is 20.2 Å². The van der Waals surface area contributed by atoms with Crippen molar-refractivity contribution in [2.24, 2.45) is 15.8 Å². The molecule has 2 unspecified atom stereocenters. The highest BCUT2D eigenvalue weighted by molar-refractivity contribution is 7.86. The minimum absolute atomic E-state index is 0.0337. The number of aromatic nitrogens is 4. The van der Waals surface area contributed by atoms with Crippen LogP contribution in [0.5, 0.6) is 6.01 Å². The van der Waals surface area contributed by atoms with Crippen molar-refractivity contribution in [1.29, 1.82) is 0 Å². The van der Waals surface area contributed by atoms with Crippen molar-refractivity contribution < 1.29 is 23.2 Å². The molecule has 14 heteroatoms. The molecular formula is C37H49ClFN7O4S. The second-order valence-electron chi connectivity index (χ2n) is 15.1. The number of piperidine rings is 1. The summed E-state index contributed by atoms with van der Waals surface area (Å²) in [6.45, 7) is 9.20. The summed E-state index contributed by atoms with van der Waals surface area (Å²) < 4.78 is 41.1. The lowest BCUT2D eigenvalue weighted by Gasteiger charge is -2.60. The molecule has 11 nitrogen and oxygen atoms in total. The second kappa shape index (κ2) is 14.7. The van der Waals surface area contributed by atoms with Gasteiger partial charge in [-0.05, 0) is 87.7 Å². The van der Waals surface area contributed by atoms with Crippen LogP contribution in [0.3, 0.4) is 0 Å². The zero-order chi connectivity index (χ0) is 35.9. The van der Waals surface area contributed by atoms with Crippen molar-refractivity contribution in [3.63, 3.8) is 0 Å². The van der Waals surface area contributed by atoms with Crippen LogP contribution in [0.4, 0.5) is 10.2 Å². The fourth-order valence-electron chi connectivity index (χ4n) is 9.28. The molecule has 2 saturated carbocycles. The number of ether oxygens (including phenoxy) is 2. The number of nitrogens with zero attached hydrogens (tertiary/aromatic N) is 6. The summed E-state index contributed by atoms with van der Waals surface area (Å²) in [6, 6.07) is 2.84. The second-order valence-corrected chi connectivity index (χ2v) is 16.9. The number of nitrogens with one attached hydrogen (secondary N) is 1. The standard InChI is InChI=1S/C37H49ClFN7O4S/c1-5-6-12-45(22-47)33-30(34(40-3)49-4)32(27(39)15-25-26-18-41-44-28(26)14-23(2)31(25)38)42-35(43-33)50-19-37-10-7-9-29(37)46(13-8-11-37)24-16-36(17-24)20-51(48)21-36/h14,18,24,29,47H,3,5-13,15-17,19-22H2,1-2,4H3,(H,41,44)/b32-27-,34-30-. The summed E-state index contributed by atoms with van der Waals surface area (Å²) in [5.74, 6) is 1.43. The molecule has 1 spiro atoms. The van der Waals surface area contributed by atoms with E-state index in [0.29, 0.717) is 46.6 Å². The minimum atomic E-state index is -0.636. The monoisotopic (exact) mass is 741 g/mol. The molecule has 0 radical (unpaired) electrons. The molecule has 51 heavy (non-hydrogen) atoms. The molecule has 4 heterocycles. The Kier molecular flexibility index (Phi) is 10.5. The number of H-pyrrole nitrogens is 1. The normalized spacial score (nSPS) is 28.5. The number of aliphatic hydroxyl groups is 1. The predicted molar refractivity (Wildman–Crippen MR) is 199 cm³/mol. The maximum Gasteiger partial charge on any atom is 0.319 e. The first-order valence-corrected chi connectivity index (χ1v) is 20.0. The fraction of sp³-hybridized carbons (Fsp3) is 0.622. The highest BCUT2D eigenvalue weighted by atomic mass is 35.5. The summed E-state index contributed by atoms with van der Waals surface area (Å²) in [6.07, 6.45) is 10.8. The maximum absolute atomic E-state index is 17.0. The van der Waals surface area contributed by atoms with Crippen LogP contribution in [0.1, 0.15) is 75.8 Å². The van der Waals surface area contributed by atoms with Gasteiger partial charge in [-0.3, -0.25) is 14.2 Å². The average Bonchev–Trinajstić information content (AvgIpc) is 3.75. The number of aromatic amines is 1. The lowest BCUT2D eigenvalue weighted by molar-refractivity contribution is -0.0720. The van der Waals surface area contributed by atoms with Crippen molar-refractivity contribution in [3.8, 4) is 6.01 Å². The molecule has 2 aliphatic heterocycles. The van der Waals surface area contributed by atoms with Gasteiger partial charge in [0, 0.05) is 63.2 Å². The molecule has 2 N–H and O–H groups in total. The number of fused-ring (bicyclic) bond motifs is 2. The van der Waals surface area contributed by atoms with E-state index in [9.17, 15) is 9.32 Å². The first-order valence-electron chi connectivity index (χ1n) is 18.2. The largest absolute Gasteiger partial charge is 0.480 e. The number of benzene rings is 1. The van der Waals surface area contributed by atoms with Crippen molar-refractivity contribution in [3.05, 3.63) is 39.0 Å². The SMILES string of the molecule is C=N/C(OC)=c1/c(N(CO)CCCC)nc(OCC23CCCC2N(C2CC4(C2)CS(=O)C4)CCC3)n/c1=C(\F)Cc1c(Cl)c(C)cc2[nH]ncc12. The third kappa shape index (κ3) is 6.68. The lowest BCUT2D eigenvalue weighted by Crippen LogP contribution is -2.65. The first kappa shape index (κ1) is 36.2. The van der Waals surface area contributed by atoms with E-state index in [1.807, 2.05) is 13.0 Å². The average molecular weight is 742 g/mol. The van der Waals surface area contributed by atoms with Crippen LogP contribution in [0.15, 0.2) is 17.3 Å². The van der Waals surface area contributed by atoms with Gasteiger partial charge in [0.1, 0.15) is 23.1 Å². The van der Waals surface area contributed by atoms with Crippen molar-refractivity contribution in [1.82, 2.24) is 25.1 Å². The van der Waals surface area contributed by atoms with E-state index >= 15 is 4.39 Å². The molecule has 4 fully saturated rings. The number of likely N-dealkylation sites (tertiary alicyclic amines) is 1. The summed E-state index contributed by atoms with van der Waals surface area (Å²) in [5, 5.41) is 19.0. The smallest absolute Gasteiger partial charge is 0.319 e. The quantitative estimate of drug-likeness (QED) is 0.192. The summed E-state index contributed by atoms with van der Waals surface area (Å²) in [5.41, 5.74) is 2.35. The van der Waals surface area contributed by atoms with Crippen LogP contribution in [0.2, 0.25) is 5.02 Å². The molecule has 276 valence electrons. The lowest BCUT2D eigenvalue weighted by atomic mass is 9.64. The molecule has 2 saturated heterocycles. The van der Waals surface area contributed by atoms with Gasteiger partial charge in [0.15, 0.2) is 5.82 Å². The Morgan fingerprint density at radius 3 is 2.78 bits per heavy atom. The molecular weight excluding hydrogens is 693 g/mol. The van der Waals surface area contributed by atoms with E-state index < -0.39 is 16.6 Å². The Bertz CT molecular complexity index is 1940. The van der Waals surface area contributed by atoms with Gasteiger partial charge in [-0.1, -0.05) is 31.4 Å². The van der Waals surface area contributed by atoms with Crippen LogP contribution in [0.25, 0.3) is 22.6 Å². The minimum Gasteiger partial charge on any atom is -0.480 e. The molecule has 2 aromatic heterocycles. The molecule has 4 aliphatic rings. The van der Waals surface area contributed by atoms with Gasteiger partial charge in [0.05, 0.1) is 25.4 Å². The highest BCUT2D eigenvalue weighted by Gasteiger charge is 2.58. The van der Waals surface area contributed by atoms with Crippen molar-refractivity contribution in [2.45, 2.75) is 90.1 Å². The fourth-order valence-corrected chi connectivity index (χ4v) is 11.3. The summed E-state index contributed by atoms with van der Waals surface area (Å²) in [7, 11) is 0.799. The van der Waals surface area contributed by atoms with Crippen LogP contribution in [-0.2, 0) is 22.0 Å². The Hall–Kier alpha value is -3.13. The first-order chi connectivity index (χ1) is 24.6. The van der Waals surface area contributed by atoms with E-state index in [1.54, 1.807) is 11.1 Å². The summed E-state index contributed by atoms with van der Waals surface area (Å²) >= 11 is 6.78. The van der Waals surface area contributed by atoms with E-state index in [0.717, 1.165) is 86.9 Å². The third-order valence-corrected chi connectivity index (χ3v) is 14.2. The Labute approximate surface area is 305 Å². The number of hydrogen-bond donors (Lipinski definition) is 2. The number of methoxy groups -OCH3 is 1. The molecule has 0 amide bonds. The van der Waals surface area contributed by atoms with E-state index in [2.05, 4.69) is 33.7 Å². The third-order valence-electron chi connectivity index (χ3n) is 11.8. The van der Waals surface area contributed by atoms with Gasteiger partial charge in [0.25, 0.3) is 0 Å². The number of rotatable bonds is 13. The van der Waals surface area contributed by atoms with Crippen molar-refractivity contribution >= 4 is 57.5 Å². The molecule has 2 aliphatic carbocycles. The van der Waals surface area contributed by atoms with E-state index in [4.69, 9.17) is 31.0 Å². The topological polar surface area (TPSA) is 129 Å². The van der Waals surface area contributed by atoms with Crippen LogP contribution in [0, 0.1) is 17.8 Å². The Morgan fingerprint density at radius 1 is 1.29 bits per heavy atom. The van der Waals surface area contributed by atoms with Crippen LogP contribution >= 0.6 is 11.6 Å². The zero-order valence-electron chi connectivity index (χ0n) is 29.8. The number of halogens is 2. The van der Waals surface area contributed by atoms with Gasteiger partial charge in [0.2, 0.25) is 5.88 Å². The number of aryl methyl sites for hydroxylation is 1. The Balaban J connectivity index is 1.28. The summed E-state index contributed by atoms with van der Waals surface area (Å²) in [4.78, 5) is 18.0.